The van der Waals surface area contributed by atoms with Crippen LogP contribution in [-0.2, 0) is 6.42 Å². The highest BCUT2D eigenvalue weighted by atomic mass is 15.2. The molecule has 0 aliphatic heterocycles. The Morgan fingerprint density at radius 3 is 2.79 bits per heavy atom. The number of nitrogens with one attached hydrogen (secondary N) is 1. The number of rotatable bonds is 4. The van der Waals surface area contributed by atoms with Gasteiger partial charge in [-0.05, 0) is 6.92 Å². The number of fused-ring (bicyclic) bond motifs is 1. The summed E-state index contributed by atoms with van der Waals surface area (Å²) in [4.78, 5) is 13.4. The molecule has 0 aliphatic rings. The molecule has 0 atom stereocenters. The first-order valence-electron chi connectivity index (χ1n) is 6.43. The van der Waals surface area contributed by atoms with Gasteiger partial charge in [0.15, 0.2) is 11.5 Å². The van der Waals surface area contributed by atoms with Crippen molar-refractivity contribution in [2.45, 2.75) is 20.3 Å². The standard InChI is InChI=1S/C13H16N6/c1-3-11-15-6-8-19(11)13-12-16-5-7-18(12)9-10(17-13)14-4-2/h5-9,14H,3-4H2,1-2H3. The summed E-state index contributed by atoms with van der Waals surface area (Å²) in [6.07, 6.45) is 10.2. The lowest BCUT2D eigenvalue weighted by molar-refractivity contribution is 0.862. The Kier molecular flexibility index (Phi) is 2.91. The molecule has 0 unspecified atom stereocenters. The minimum Gasteiger partial charge on any atom is -0.369 e. The van der Waals surface area contributed by atoms with Gasteiger partial charge in [0.25, 0.3) is 0 Å². The summed E-state index contributed by atoms with van der Waals surface area (Å²) in [5.41, 5.74) is 0.828. The highest BCUT2D eigenvalue weighted by molar-refractivity contribution is 5.58. The highest BCUT2D eigenvalue weighted by Gasteiger charge is 2.11. The Balaban J connectivity index is 2.23. The molecule has 0 aliphatic carbocycles. The molecule has 19 heavy (non-hydrogen) atoms. The Morgan fingerprint density at radius 1 is 1.16 bits per heavy atom. The van der Waals surface area contributed by atoms with E-state index in [1.54, 1.807) is 12.4 Å². The van der Waals surface area contributed by atoms with Crippen molar-refractivity contribution < 1.29 is 0 Å². The van der Waals surface area contributed by atoms with E-state index < -0.39 is 0 Å². The van der Waals surface area contributed by atoms with Gasteiger partial charge >= 0.3 is 0 Å². The van der Waals surface area contributed by atoms with Crippen LogP contribution in [0.3, 0.4) is 0 Å². The van der Waals surface area contributed by atoms with E-state index in [1.165, 1.54) is 0 Å². The molecule has 0 bridgehead atoms. The number of imidazole rings is 2. The summed E-state index contributed by atoms with van der Waals surface area (Å²) in [6.45, 7) is 4.96. The van der Waals surface area contributed by atoms with Gasteiger partial charge < -0.3 is 9.72 Å². The van der Waals surface area contributed by atoms with E-state index in [-0.39, 0.29) is 0 Å². The third-order valence-corrected chi connectivity index (χ3v) is 2.98. The molecule has 98 valence electrons. The number of aromatic nitrogens is 5. The van der Waals surface area contributed by atoms with E-state index >= 15 is 0 Å². The molecule has 6 nitrogen and oxygen atoms in total. The highest BCUT2D eigenvalue weighted by Crippen LogP contribution is 2.17. The largest absolute Gasteiger partial charge is 0.369 e. The fraction of sp³-hybridized carbons (Fsp3) is 0.308. The molecule has 3 heterocycles. The second-order valence-electron chi connectivity index (χ2n) is 4.21. The molecule has 0 aromatic carbocycles. The second-order valence-corrected chi connectivity index (χ2v) is 4.21. The summed E-state index contributed by atoms with van der Waals surface area (Å²) < 4.78 is 3.96. The van der Waals surface area contributed by atoms with Crippen LogP contribution in [0.25, 0.3) is 11.5 Å². The average Bonchev–Trinajstić information content (AvgIpc) is 3.06. The molecule has 3 aromatic rings. The van der Waals surface area contributed by atoms with Crippen LogP contribution in [-0.4, -0.2) is 30.5 Å². The normalized spacial score (nSPS) is 11.1. The van der Waals surface area contributed by atoms with Crippen LogP contribution in [0.15, 0.2) is 31.0 Å². The van der Waals surface area contributed by atoms with Crippen molar-refractivity contribution in [1.29, 1.82) is 0 Å². The SMILES string of the molecule is CCNc1cn2ccnc2c(-n2ccnc2CC)n1. The summed E-state index contributed by atoms with van der Waals surface area (Å²) in [5.74, 6) is 2.61. The van der Waals surface area contributed by atoms with Crippen molar-refractivity contribution in [3.63, 3.8) is 0 Å². The van der Waals surface area contributed by atoms with Gasteiger partial charge in [-0.3, -0.25) is 4.57 Å². The van der Waals surface area contributed by atoms with Gasteiger partial charge in [0, 0.05) is 37.8 Å². The lowest BCUT2D eigenvalue weighted by Crippen LogP contribution is -2.08. The Morgan fingerprint density at radius 2 is 2.00 bits per heavy atom. The maximum absolute atomic E-state index is 4.64. The molecular formula is C13H16N6. The zero-order valence-electron chi connectivity index (χ0n) is 11.0. The summed E-state index contributed by atoms with van der Waals surface area (Å²) >= 11 is 0. The van der Waals surface area contributed by atoms with Crippen molar-refractivity contribution in [2.75, 3.05) is 11.9 Å². The fourth-order valence-electron chi connectivity index (χ4n) is 2.13. The van der Waals surface area contributed by atoms with Gasteiger partial charge in [0.1, 0.15) is 11.6 Å². The average molecular weight is 256 g/mol. The van der Waals surface area contributed by atoms with Crippen LogP contribution >= 0.6 is 0 Å². The van der Waals surface area contributed by atoms with Gasteiger partial charge in [-0.15, -0.1) is 0 Å². The van der Waals surface area contributed by atoms with E-state index in [4.69, 9.17) is 0 Å². The minimum atomic E-state index is 0.804. The number of hydrogen-bond acceptors (Lipinski definition) is 4. The van der Waals surface area contributed by atoms with Crippen molar-refractivity contribution in [1.82, 2.24) is 23.9 Å². The van der Waals surface area contributed by atoms with E-state index in [0.717, 1.165) is 36.1 Å². The second kappa shape index (κ2) is 4.72. The summed E-state index contributed by atoms with van der Waals surface area (Å²) in [5, 5.41) is 3.24. The van der Waals surface area contributed by atoms with Gasteiger partial charge in [-0.25, -0.2) is 15.0 Å². The zero-order chi connectivity index (χ0) is 13.2. The predicted octanol–water partition coefficient (Wildman–Crippen LogP) is 1.91. The van der Waals surface area contributed by atoms with Gasteiger partial charge in [-0.1, -0.05) is 6.92 Å². The minimum absolute atomic E-state index is 0.804. The first kappa shape index (κ1) is 11.7. The van der Waals surface area contributed by atoms with Gasteiger partial charge in [0.05, 0.1) is 6.20 Å². The molecule has 0 saturated carbocycles. The Labute approximate surface area is 111 Å². The quantitative estimate of drug-likeness (QED) is 0.774. The molecule has 6 heteroatoms. The lowest BCUT2D eigenvalue weighted by Gasteiger charge is -2.10. The van der Waals surface area contributed by atoms with Crippen LogP contribution < -0.4 is 5.32 Å². The first-order valence-corrected chi connectivity index (χ1v) is 6.43. The van der Waals surface area contributed by atoms with Crippen molar-refractivity contribution in [3.8, 4) is 5.82 Å². The van der Waals surface area contributed by atoms with Crippen molar-refractivity contribution in [2.24, 2.45) is 0 Å². The van der Waals surface area contributed by atoms with Crippen LogP contribution in [0.4, 0.5) is 5.82 Å². The zero-order valence-corrected chi connectivity index (χ0v) is 11.0. The maximum atomic E-state index is 4.64. The lowest BCUT2D eigenvalue weighted by atomic mass is 10.4. The number of aryl methyl sites for hydroxylation is 1. The van der Waals surface area contributed by atoms with E-state index in [0.29, 0.717) is 0 Å². The molecule has 0 amide bonds. The number of nitrogens with zero attached hydrogens (tertiary/aromatic N) is 5. The monoisotopic (exact) mass is 256 g/mol. The third kappa shape index (κ3) is 1.95. The van der Waals surface area contributed by atoms with Crippen molar-refractivity contribution in [3.05, 3.63) is 36.8 Å². The van der Waals surface area contributed by atoms with Gasteiger partial charge in [0.2, 0.25) is 0 Å². The van der Waals surface area contributed by atoms with Crippen LogP contribution in [0.2, 0.25) is 0 Å². The molecular weight excluding hydrogens is 240 g/mol. The topological polar surface area (TPSA) is 60.0 Å². The molecule has 1 N–H and O–H groups in total. The molecule has 0 radical (unpaired) electrons. The molecule has 3 aromatic heterocycles. The molecule has 0 spiro atoms. The third-order valence-electron chi connectivity index (χ3n) is 2.98. The first-order chi connectivity index (χ1) is 9.33. The number of anilines is 1. The molecule has 0 fully saturated rings. The number of hydrogen-bond donors (Lipinski definition) is 1. The molecule has 0 saturated heterocycles. The van der Waals surface area contributed by atoms with E-state index in [9.17, 15) is 0 Å². The summed E-state index contributed by atoms with van der Waals surface area (Å²) in [7, 11) is 0. The maximum Gasteiger partial charge on any atom is 0.184 e. The summed E-state index contributed by atoms with van der Waals surface area (Å²) in [6, 6.07) is 0. The van der Waals surface area contributed by atoms with Crippen LogP contribution in [0, 0.1) is 0 Å². The van der Waals surface area contributed by atoms with E-state index in [1.807, 2.05) is 34.5 Å². The van der Waals surface area contributed by atoms with Crippen LogP contribution in [0.1, 0.15) is 19.7 Å². The van der Waals surface area contributed by atoms with E-state index in [2.05, 4.69) is 27.2 Å². The smallest absolute Gasteiger partial charge is 0.184 e. The Hall–Kier alpha value is -2.37. The van der Waals surface area contributed by atoms with Crippen molar-refractivity contribution >= 4 is 11.5 Å². The Bertz CT molecular complexity index is 696. The van der Waals surface area contributed by atoms with Gasteiger partial charge in [-0.2, -0.15) is 0 Å². The molecule has 3 rings (SSSR count). The van der Waals surface area contributed by atoms with Crippen LogP contribution in [0.5, 0.6) is 0 Å². The predicted molar refractivity (Wildman–Crippen MR) is 73.7 cm³/mol. The fourth-order valence-corrected chi connectivity index (χ4v) is 2.13.